The van der Waals surface area contributed by atoms with Crippen molar-refractivity contribution in [3.63, 3.8) is 0 Å². The fourth-order valence-electron chi connectivity index (χ4n) is 2.89. The molecule has 1 rings (SSSR count). The monoisotopic (exact) mass is 426 g/mol. The van der Waals surface area contributed by atoms with Gasteiger partial charge in [0.1, 0.15) is 0 Å². The van der Waals surface area contributed by atoms with E-state index in [2.05, 4.69) is 96.7 Å². The molecule has 0 aromatic heterocycles. The molecule has 0 radical (unpaired) electrons. The summed E-state index contributed by atoms with van der Waals surface area (Å²) in [5, 5.41) is 0. The fourth-order valence-corrected chi connectivity index (χ4v) is 17.5. The van der Waals surface area contributed by atoms with Crippen molar-refractivity contribution in [1.29, 1.82) is 0 Å². The van der Waals surface area contributed by atoms with Gasteiger partial charge in [0.25, 0.3) is 0 Å². The highest BCUT2D eigenvalue weighted by atomic mass is 28.5. The molecule has 1 atom stereocenters. The van der Waals surface area contributed by atoms with Gasteiger partial charge in [-0.15, -0.1) is 0 Å². The summed E-state index contributed by atoms with van der Waals surface area (Å²) in [7, 11) is -8.61. The molecular formula is C19H38O3Si4. The minimum Gasteiger partial charge on any atom is -0.417 e. The van der Waals surface area contributed by atoms with E-state index < -0.39 is 33.8 Å². The highest BCUT2D eigenvalue weighted by molar-refractivity contribution is 6.90. The summed E-state index contributed by atoms with van der Waals surface area (Å²) in [6.07, 6.45) is 1.92. The lowest BCUT2D eigenvalue weighted by molar-refractivity contribution is 0.239. The van der Waals surface area contributed by atoms with Crippen LogP contribution in [-0.2, 0) is 12.3 Å². The molecule has 1 unspecified atom stereocenters. The van der Waals surface area contributed by atoms with E-state index >= 15 is 0 Å². The van der Waals surface area contributed by atoms with Crippen LogP contribution in [0.2, 0.25) is 58.9 Å². The lowest BCUT2D eigenvalue weighted by atomic mass is 10.1. The van der Waals surface area contributed by atoms with Gasteiger partial charge >= 0.3 is 8.80 Å². The molecule has 0 fully saturated rings. The quantitative estimate of drug-likeness (QED) is 0.424. The topological polar surface area (TPSA) is 27.7 Å². The van der Waals surface area contributed by atoms with E-state index in [9.17, 15) is 0 Å². The summed E-state index contributed by atoms with van der Waals surface area (Å²) >= 11 is 0. The minimum absolute atomic E-state index is 0.0712. The average Bonchev–Trinajstić information content (AvgIpc) is 2.40. The van der Waals surface area contributed by atoms with Crippen molar-refractivity contribution in [2.75, 3.05) is 0 Å². The molecule has 0 aliphatic rings. The van der Waals surface area contributed by atoms with Gasteiger partial charge in [-0.25, -0.2) is 0 Å². The van der Waals surface area contributed by atoms with Crippen LogP contribution in [0.25, 0.3) is 6.08 Å². The largest absolute Gasteiger partial charge is 0.477 e. The Balaban J connectivity index is 3.59. The van der Waals surface area contributed by atoms with Gasteiger partial charge in [0, 0.05) is 5.54 Å². The number of hydrogen-bond donors (Lipinski definition) is 0. The first-order chi connectivity index (χ1) is 11.6. The van der Waals surface area contributed by atoms with Crippen LogP contribution >= 0.6 is 0 Å². The zero-order chi connectivity index (χ0) is 20.4. The minimum atomic E-state index is -2.96. The van der Waals surface area contributed by atoms with Crippen molar-refractivity contribution >= 4 is 39.8 Å². The van der Waals surface area contributed by atoms with Gasteiger partial charge in [-0.1, -0.05) is 43.8 Å². The molecule has 0 bridgehead atoms. The maximum absolute atomic E-state index is 6.86. The second-order valence-corrected chi connectivity index (χ2v) is 27.0. The van der Waals surface area contributed by atoms with Crippen molar-refractivity contribution < 1.29 is 12.3 Å². The third-order valence-electron chi connectivity index (χ3n) is 3.56. The average molecular weight is 427 g/mol. The molecule has 0 saturated heterocycles. The van der Waals surface area contributed by atoms with E-state index in [1.54, 1.807) is 0 Å². The maximum atomic E-state index is 6.86. The molecule has 148 valence electrons. The summed E-state index contributed by atoms with van der Waals surface area (Å²) < 4.78 is 20.6. The lowest BCUT2D eigenvalue weighted by Crippen LogP contribution is -2.63. The van der Waals surface area contributed by atoms with E-state index in [1.165, 1.54) is 5.56 Å². The van der Waals surface area contributed by atoms with Gasteiger partial charge in [0.2, 0.25) is 0 Å². The Morgan fingerprint density at radius 2 is 1.15 bits per heavy atom. The molecule has 0 spiro atoms. The molecule has 0 aliphatic heterocycles. The van der Waals surface area contributed by atoms with Crippen LogP contribution < -0.4 is 0 Å². The summed E-state index contributed by atoms with van der Waals surface area (Å²) in [6, 6.07) is 8.40. The van der Waals surface area contributed by atoms with Crippen LogP contribution in [0.3, 0.4) is 0 Å². The van der Waals surface area contributed by atoms with Gasteiger partial charge < -0.3 is 12.3 Å². The molecule has 0 heterocycles. The molecule has 0 N–H and O–H groups in total. The van der Waals surface area contributed by atoms with E-state index in [0.29, 0.717) is 0 Å². The van der Waals surface area contributed by atoms with E-state index in [4.69, 9.17) is 12.3 Å². The summed E-state index contributed by atoms with van der Waals surface area (Å²) in [5.74, 6) is 0. The molecule has 0 saturated carbocycles. The van der Waals surface area contributed by atoms with Crippen LogP contribution in [0.1, 0.15) is 23.6 Å². The highest BCUT2D eigenvalue weighted by Gasteiger charge is 2.54. The third kappa shape index (κ3) is 7.38. The normalized spacial score (nSPS) is 15.0. The number of hydrogen-bond acceptors (Lipinski definition) is 3. The number of benzene rings is 1. The van der Waals surface area contributed by atoms with Crippen LogP contribution in [0.5, 0.6) is 0 Å². The first-order valence-corrected chi connectivity index (χ1v) is 21.4. The summed E-state index contributed by atoms with van der Waals surface area (Å²) in [6.45, 7) is 26.2. The van der Waals surface area contributed by atoms with Gasteiger partial charge in [0.15, 0.2) is 25.0 Å². The van der Waals surface area contributed by atoms with Gasteiger partial charge in [0.05, 0.1) is 0 Å². The second-order valence-electron chi connectivity index (χ2n) is 9.80. The molecule has 26 heavy (non-hydrogen) atoms. The summed E-state index contributed by atoms with van der Waals surface area (Å²) in [5.41, 5.74) is 2.42. The van der Waals surface area contributed by atoms with Crippen LogP contribution in [0.15, 0.2) is 30.8 Å². The van der Waals surface area contributed by atoms with E-state index in [-0.39, 0.29) is 5.54 Å². The van der Waals surface area contributed by atoms with Gasteiger partial charge in [-0.05, 0) is 70.1 Å². The van der Waals surface area contributed by atoms with Gasteiger partial charge in [-0.3, -0.25) is 0 Å². The highest BCUT2D eigenvalue weighted by Crippen LogP contribution is 2.38. The van der Waals surface area contributed by atoms with Crippen molar-refractivity contribution in [2.24, 2.45) is 0 Å². The standard InChI is InChI=1S/C19H38O3Si4/c1-12-18-15-13-14-16-19(18)17(2)26(20-23(3,4)5,21-24(6,7)8)22-25(9,10)11/h12-17H,1H2,2-11H3. The molecule has 7 heteroatoms. The number of rotatable bonds is 9. The molecule has 1 aromatic carbocycles. The van der Waals surface area contributed by atoms with E-state index in [1.807, 2.05) is 6.08 Å². The predicted octanol–water partition coefficient (Wildman–Crippen LogP) is 6.47. The van der Waals surface area contributed by atoms with E-state index in [0.717, 1.165) is 5.56 Å². The van der Waals surface area contributed by atoms with Gasteiger partial charge in [-0.2, -0.15) is 0 Å². The Morgan fingerprint density at radius 1 is 0.769 bits per heavy atom. The smallest absolute Gasteiger partial charge is 0.417 e. The van der Waals surface area contributed by atoms with Crippen LogP contribution in [0.4, 0.5) is 0 Å². The Hall–Kier alpha value is -0.292. The molecular weight excluding hydrogens is 389 g/mol. The van der Waals surface area contributed by atoms with Crippen molar-refractivity contribution in [2.45, 2.75) is 71.4 Å². The maximum Gasteiger partial charge on any atom is 0.477 e. The summed E-state index contributed by atoms with van der Waals surface area (Å²) in [4.78, 5) is 0. The molecule has 3 nitrogen and oxygen atoms in total. The van der Waals surface area contributed by atoms with Crippen LogP contribution in [-0.4, -0.2) is 33.8 Å². The molecule has 0 amide bonds. The fraction of sp³-hybridized carbons (Fsp3) is 0.579. The zero-order valence-corrected chi connectivity index (χ0v) is 22.4. The Labute approximate surface area is 165 Å². The first kappa shape index (κ1) is 23.7. The van der Waals surface area contributed by atoms with Crippen molar-refractivity contribution in [3.8, 4) is 0 Å². The SMILES string of the molecule is C=Cc1ccccc1C(C)[Si](O[Si](C)(C)C)(O[Si](C)(C)C)O[Si](C)(C)C. The Morgan fingerprint density at radius 3 is 1.50 bits per heavy atom. The zero-order valence-electron chi connectivity index (χ0n) is 18.4. The van der Waals surface area contributed by atoms with Crippen LogP contribution in [0, 0.1) is 0 Å². The lowest BCUT2D eigenvalue weighted by Gasteiger charge is -2.46. The molecule has 1 aromatic rings. The van der Waals surface area contributed by atoms with Crippen molar-refractivity contribution in [3.05, 3.63) is 42.0 Å². The first-order valence-electron chi connectivity index (χ1n) is 9.40. The predicted molar refractivity (Wildman–Crippen MR) is 124 cm³/mol. The second kappa shape index (κ2) is 8.38. The van der Waals surface area contributed by atoms with Crippen molar-refractivity contribution in [1.82, 2.24) is 0 Å². The Bertz CT molecular complexity index is 572. The molecule has 0 aliphatic carbocycles. The third-order valence-corrected chi connectivity index (χ3v) is 15.7. The Kier molecular flexibility index (Phi) is 7.65.